The second-order valence-electron chi connectivity index (χ2n) is 5.33. The molecular formula is C15H15NO5S. The third kappa shape index (κ3) is 2.47. The lowest BCUT2D eigenvalue weighted by Crippen LogP contribution is -2.40. The number of carbonyl (C=O) groups is 1. The van der Waals surface area contributed by atoms with E-state index in [1.807, 2.05) is 12.1 Å². The molecule has 1 saturated heterocycles. The maximum Gasteiger partial charge on any atom is 0.322 e. The summed E-state index contributed by atoms with van der Waals surface area (Å²) in [6.45, 7) is -0.202. The first kappa shape index (κ1) is 15.0. The molecule has 2 N–H and O–H groups in total. The van der Waals surface area contributed by atoms with E-state index in [0.717, 1.165) is 15.1 Å². The highest BCUT2D eigenvalue weighted by atomic mass is 32.2. The number of sulfonamides is 1. The molecule has 2 aromatic carbocycles. The fourth-order valence-corrected chi connectivity index (χ4v) is 4.40. The summed E-state index contributed by atoms with van der Waals surface area (Å²) in [5.74, 6) is -1.25. The summed E-state index contributed by atoms with van der Waals surface area (Å²) >= 11 is 0. The number of hydrogen-bond donors (Lipinski definition) is 2. The van der Waals surface area contributed by atoms with Crippen LogP contribution >= 0.6 is 0 Å². The molecule has 0 radical (unpaired) electrons. The first-order chi connectivity index (χ1) is 10.4. The first-order valence-electron chi connectivity index (χ1n) is 6.81. The number of aliphatic hydroxyl groups excluding tert-OH is 1. The van der Waals surface area contributed by atoms with Gasteiger partial charge in [0.05, 0.1) is 11.0 Å². The fourth-order valence-electron chi connectivity index (χ4n) is 2.74. The molecule has 0 unspecified atom stereocenters. The van der Waals surface area contributed by atoms with Crippen LogP contribution in [0.4, 0.5) is 0 Å². The van der Waals surface area contributed by atoms with Crippen molar-refractivity contribution in [2.45, 2.75) is 23.5 Å². The molecule has 0 amide bonds. The lowest BCUT2D eigenvalue weighted by atomic mass is 10.1. The highest BCUT2D eigenvalue weighted by molar-refractivity contribution is 7.89. The first-order valence-corrected chi connectivity index (χ1v) is 8.25. The molecule has 2 aromatic rings. The van der Waals surface area contributed by atoms with Crippen molar-refractivity contribution in [3.05, 3.63) is 42.5 Å². The molecule has 0 aromatic heterocycles. The van der Waals surface area contributed by atoms with Gasteiger partial charge in [-0.15, -0.1) is 0 Å². The predicted octanol–water partition coefficient (Wildman–Crippen LogP) is 1.05. The molecule has 22 heavy (non-hydrogen) atoms. The molecule has 1 aliphatic rings. The number of hydrogen-bond acceptors (Lipinski definition) is 4. The van der Waals surface area contributed by atoms with E-state index in [1.165, 1.54) is 12.1 Å². The molecule has 116 valence electrons. The SMILES string of the molecule is O=C(O)[C@H]1C[C@H](O)CN1S(=O)(=O)c1ccc2ccccc2c1. The van der Waals surface area contributed by atoms with Crippen LogP contribution < -0.4 is 0 Å². The van der Waals surface area contributed by atoms with Gasteiger partial charge in [0, 0.05) is 13.0 Å². The molecule has 3 rings (SSSR count). The highest BCUT2D eigenvalue weighted by Crippen LogP contribution is 2.28. The number of benzene rings is 2. The van der Waals surface area contributed by atoms with Crippen molar-refractivity contribution in [2.24, 2.45) is 0 Å². The molecule has 1 fully saturated rings. The van der Waals surface area contributed by atoms with Gasteiger partial charge in [0.1, 0.15) is 6.04 Å². The van der Waals surface area contributed by atoms with Crippen molar-refractivity contribution in [1.29, 1.82) is 0 Å². The van der Waals surface area contributed by atoms with Gasteiger partial charge < -0.3 is 10.2 Å². The Bertz CT molecular complexity index is 833. The molecule has 7 heteroatoms. The molecule has 0 aliphatic carbocycles. The van der Waals surface area contributed by atoms with Crippen LogP contribution in [0.1, 0.15) is 6.42 Å². The van der Waals surface area contributed by atoms with Crippen LogP contribution in [0.3, 0.4) is 0 Å². The largest absolute Gasteiger partial charge is 0.480 e. The minimum Gasteiger partial charge on any atom is -0.480 e. The van der Waals surface area contributed by atoms with Gasteiger partial charge in [-0.25, -0.2) is 8.42 Å². The predicted molar refractivity (Wildman–Crippen MR) is 79.9 cm³/mol. The van der Waals surface area contributed by atoms with Crippen molar-refractivity contribution in [3.63, 3.8) is 0 Å². The van der Waals surface area contributed by atoms with E-state index in [9.17, 15) is 18.3 Å². The van der Waals surface area contributed by atoms with Crippen LogP contribution in [0.5, 0.6) is 0 Å². The van der Waals surface area contributed by atoms with Crippen LogP contribution in [0.25, 0.3) is 10.8 Å². The Morgan fingerprint density at radius 2 is 1.82 bits per heavy atom. The minimum atomic E-state index is -3.96. The van der Waals surface area contributed by atoms with Gasteiger partial charge in [-0.3, -0.25) is 4.79 Å². The average Bonchev–Trinajstić information content (AvgIpc) is 2.90. The number of nitrogens with zero attached hydrogens (tertiary/aromatic N) is 1. The van der Waals surface area contributed by atoms with Gasteiger partial charge in [0.15, 0.2) is 0 Å². The van der Waals surface area contributed by atoms with E-state index in [2.05, 4.69) is 0 Å². The van der Waals surface area contributed by atoms with E-state index >= 15 is 0 Å². The Morgan fingerprint density at radius 1 is 1.14 bits per heavy atom. The molecule has 6 nitrogen and oxygen atoms in total. The van der Waals surface area contributed by atoms with Gasteiger partial charge in [-0.1, -0.05) is 30.3 Å². The third-order valence-electron chi connectivity index (χ3n) is 3.85. The van der Waals surface area contributed by atoms with Crippen molar-refractivity contribution in [2.75, 3.05) is 6.54 Å². The summed E-state index contributed by atoms with van der Waals surface area (Å²) in [7, 11) is -3.96. The Hall–Kier alpha value is -1.96. The molecular weight excluding hydrogens is 306 g/mol. The van der Waals surface area contributed by atoms with E-state index < -0.39 is 28.1 Å². The lowest BCUT2D eigenvalue weighted by molar-refractivity contribution is -0.140. The van der Waals surface area contributed by atoms with Crippen molar-refractivity contribution in [1.82, 2.24) is 4.31 Å². The monoisotopic (exact) mass is 321 g/mol. The van der Waals surface area contributed by atoms with E-state index in [1.54, 1.807) is 18.2 Å². The number of aliphatic carboxylic acids is 1. The van der Waals surface area contributed by atoms with Gasteiger partial charge in [-0.2, -0.15) is 4.31 Å². The molecule has 2 atom stereocenters. The topological polar surface area (TPSA) is 94.9 Å². The molecule has 0 saturated carbocycles. The highest BCUT2D eigenvalue weighted by Gasteiger charge is 2.43. The average molecular weight is 321 g/mol. The number of β-amino-alcohol motifs (C(OH)–C–C–N with tert-alkyl or cyclic N) is 1. The third-order valence-corrected chi connectivity index (χ3v) is 5.72. The number of carboxylic acids is 1. The standard InChI is InChI=1S/C15H15NO5S/c17-12-8-14(15(18)19)16(9-12)22(20,21)13-6-5-10-3-1-2-4-11(10)7-13/h1-7,12,14,17H,8-9H2,(H,18,19)/t12-,14+/m0/s1. The normalized spacial score (nSPS) is 23.0. The Morgan fingerprint density at radius 3 is 2.50 bits per heavy atom. The summed E-state index contributed by atoms with van der Waals surface area (Å²) in [6, 6.07) is 10.8. The van der Waals surface area contributed by atoms with Crippen LogP contribution in [-0.2, 0) is 14.8 Å². The molecule has 0 spiro atoms. The zero-order valence-corrected chi connectivity index (χ0v) is 12.4. The van der Waals surface area contributed by atoms with Crippen molar-refractivity contribution >= 4 is 26.8 Å². The van der Waals surface area contributed by atoms with Gasteiger partial charge in [0.2, 0.25) is 10.0 Å². The Balaban J connectivity index is 2.05. The van der Waals surface area contributed by atoms with E-state index in [4.69, 9.17) is 5.11 Å². The Labute approximate surface area is 127 Å². The second-order valence-corrected chi connectivity index (χ2v) is 7.22. The summed E-state index contributed by atoms with van der Waals surface area (Å²) in [4.78, 5) is 11.3. The maximum atomic E-state index is 12.7. The maximum absolute atomic E-state index is 12.7. The summed E-state index contributed by atoms with van der Waals surface area (Å²) < 4.78 is 26.2. The minimum absolute atomic E-state index is 0.0338. The van der Waals surface area contributed by atoms with Crippen LogP contribution in [-0.4, -0.2) is 47.6 Å². The molecule has 1 heterocycles. The van der Waals surface area contributed by atoms with Crippen molar-refractivity contribution in [3.8, 4) is 0 Å². The van der Waals surface area contributed by atoms with E-state index in [-0.39, 0.29) is 17.9 Å². The zero-order valence-electron chi connectivity index (χ0n) is 11.6. The molecule has 1 aliphatic heterocycles. The fraction of sp³-hybridized carbons (Fsp3) is 0.267. The van der Waals surface area contributed by atoms with Gasteiger partial charge >= 0.3 is 5.97 Å². The quantitative estimate of drug-likeness (QED) is 0.881. The number of aliphatic hydroxyl groups is 1. The summed E-state index contributed by atoms with van der Waals surface area (Å²) in [6.07, 6.45) is -1.06. The summed E-state index contributed by atoms with van der Waals surface area (Å²) in [5.41, 5.74) is 0. The van der Waals surface area contributed by atoms with Crippen LogP contribution in [0.15, 0.2) is 47.4 Å². The van der Waals surface area contributed by atoms with Gasteiger partial charge in [-0.05, 0) is 22.9 Å². The molecule has 0 bridgehead atoms. The number of fused-ring (bicyclic) bond motifs is 1. The zero-order chi connectivity index (χ0) is 15.9. The van der Waals surface area contributed by atoms with Crippen molar-refractivity contribution < 1.29 is 23.4 Å². The number of rotatable bonds is 3. The van der Waals surface area contributed by atoms with E-state index in [0.29, 0.717) is 0 Å². The smallest absolute Gasteiger partial charge is 0.322 e. The van der Waals surface area contributed by atoms with Crippen LogP contribution in [0.2, 0.25) is 0 Å². The Kier molecular flexibility index (Phi) is 3.64. The summed E-state index contributed by atoms with van der Waals surface area (Å²) in [5, 5.41) is 20.5. The number of carboxylic acid groups (broad SMARTS) is 1. The van der Waals surface area contributed by atoms with Crippen LogP contribution in [0, 0.1) is 0 Å². The second kappa shape index (κ2) is 5.35. The lowest BCUT2D eigenvalue weighted by Gasteiger charge is -2.20. The van der Waals surface area contributed by atoms with Gasteiger partial charge in [0.25, 0.3) is 0 Å².